The highest BCUT2D eigenvalue weighted by Gasteiger charge is 2.21. The van der Waals surface area contributed by atoms with Crippen molar-refractivity contribution in [2.45, 2.75) is 13.1 Å². The van der Waals surface area contributed by atoms with Crippen LogP contribution in [0.15, 0.2) is 29.5 Å². The molecule has 1 saturated heterocycles. The van der Waals surface area contributed by atoms with Crippen LogP contribution in [0.1, 0.15) is 11.4 Å². The van der Waals surface area contributed by atoms with Crippen molar-refractivity contribution in [3.8, 4) is 11.5 Å². The van der Waals surface area contributed by atoms with Crippen molar-refractivity contribution in [3.63, 3.8) is 0 Å². The van der Waals surface area contributed by atoms with Gasteiger partial charge in [0.1, 0.15) is 17.8 Å². The van der Waals surface area contributed by atoms with Gasteiger partial charge in [-0.1, -0.05) is 0 Å². The van der Waals surface area contributed by atoms with E-state index in [4.69, 9.17) is 9.47 Å². The molecule has 0 saturated carbocycles. The molecule has 0 unspecified atom stereocenters. The Hall–Kier alpha value is -2.08. The van der Waals surface area contributed by atoms with Crippen molar-refractivity contribution < 1.29 is 9.47 Å². The summed E-state index contributed by atoms with van der Waals surface area (Å²) in [5.41, 5.74) is 1.14. The second-order valence-corrected chi connectivity index (χ2v) is 6.70. The summed E-state index contributed by atoms with van der Waals surface area (Å²) in [5, 5.41) is 11.4. The Balaban J connectivity index is 0.00000300. The fourth-order valence-electron chi connectivity index (χ4n) is 3.32. The fraction of sp³-hybridized carbons (Fsp3) is 0.526. The van der Waals surface area contributed by atoms with Crippen molar-refractivity contribution in [3.05, 3.63) is 35.9 Å². The van der Waals surface area contributed by atoms with Gasteiger partial charge in [0, 0.05) is 52.4 Å². The number of guanidine groups is 1. The number of piperazine rings is 1. The Kier molecular flexibility index (Phi) is 8.96. The summed E-state index contributed by atoms with van der Waals surface area (Å²) < 4.78 is 12.8. The minimum absolute atomic E-state index is 0. The van der Waals surface area contributed by atoms with Gasteiger partial charge in [0.05, 0.1) is 20.8 Å². The second-order valence-electron chi connectivity index (χ2n) is 6.70. The molecule has 0 bridgehead atoms. The van der Waals surface area contributed by atoms with Crippen LogP contribution in [-0.4, -0.2) is 78.0 Å². The lowest BCUT2D eigenvalue weighted by Gasteiger charge is -2.36. The maximum atomic E-state index is 5.51. The van der Waals surface area contributed by atoms with Gasteiger partial charge in [-0.15, -0.1) is 34.2 Å². The third-order valence-corrected chi connectivity index (χ3v) is 4.97. The third kappa shape index (κ3) is 5.95. The van der Waals surface area contributed by atoms with Gasteiger partial charge < -0.3 is 24.3 Å². The maximum Gasteiger partial charge on any atom is 0.194 e. The quantitative estimate of drug-likeness (QED) is 0.354. The van der Waals surface area contributed by atoms with Crippen LogP contribution < -0.4 is 14.8 Å². The van der Waals surface area contributed by atoms with Crippen LogP contribution in [0.3, 0.4) is 0 Å². The van der Waals surface area contributed by atoms with Gasteiger partial charge in [-0.05, 0) is 18.2 Å². The number of nitrogens with one attached hydrogen (secondary N) is 1. The Labute approximate surface area is 189 Å². The molecular formula is C19H30IN7O2. The van der Waals surface area contributed by atoms with E-state index in [0.29, 0.717) is 6.54 Å². The first kappa shape index (κ1) is 23.2. The van der Waals surface area contributed by atoms with Crippen molar-refractivity contribution in [1.29, 1.82) is 0 Å². The molecular weight excluding hydrogens is 485 g/mol. The standard InChI is InChI=1S/C19H29N7O2.HI/c1-20-19(21-12-18-23-22-14-24(18)2)26-9-7-25(8-10-26)13-15-11-16(27-3)5-6-17(15)28-4;/h5-6,11,14H,7-10,12-13H2,1-4H3,(H,20,21);1H. The van der Waals surface area contributed by atoms with Gasteiger partial charge in [-0.25, -0.2) is 0 Å². The zero-order valence-corrected chi connectivity index (χ0v) is 19.8. The van der Waals surface area contributed by atoms with Crippen LogP contribution >= 0.6 is 24.0 Å². The number of hydrogen-bond acceptors (Lipinski definition) is 6. The zero-order valence-electron chi connectivity index (χ0n) is 17.5. The number of aryl methyl sites for hydroxylation is 1. The highest BCUT2D eigenvalue weighted by molar-refractivity contribution is 14.0. The summed E-state index contributed by atoms with van der Waals surface area (Å²) in [5.74, 6) is 3.51. The smallest absolute Gasteiger partial charge is 0.194 e. The van der Waals surface area contributed by atoms with E-state index in [2.05, 4.69) is 30.3 Å². The number of methoxy groups -OCH3 is 2. The molecule has 0 amide bonds. The van der Waals surface area contributed by atoms with Crippen molar-refractivity contribution in [2.24, 2.45) is 12.0 Å². The molecule has 0 aliphatic carbocycles. The third-order valence-electron chi connectivity index (χ3n) is 4.97. The summed E-state index contributed by atoms with van der Waals surface area (Å²) >= 11 is 0. The van der Waals surface area contributed by atoms with Crippen LogP contribution in [0.25, 0.3) is 0 Å². The molecule has 3 rings (SSSR count). The number of rotatable bonds is 6. The first-order chi connectivity index (χ1) is 13.6. The molecule has 0 radical (unpaired) electrons. The molecule has 2 aromatic rings. The number of aliphatic imine (C=N–C) groups is 1. The first-order valence-electron chi connectivity index (χ1n) is 9.36. The lowest BCUT2D eigenvalue weighted by molar-refractivity contribution is 0.171. The van der Waals surface area contributed by atoms with Crippen LogP contribution in [0.5, 0.6) is 11.5 Å². The Morgan fingerprint density at radius 2 is 1.93 bits per heavy atom. The van der Waals surface area contributed by atoms with Gasteiger partial charge >= 0.3 is 0 Å². The maximum absolute atomic E-state index is 5.51. The van der Waals surface area contributed by atoms with Crippen LogP contribution in [-0.2, 0) is 20.1 Å². The number of ether oxygens (including phenoxy) is 2. The van der Waals surface area contributed by atoms with Crippen LogP contribution in [0.4, 0.5) is 0 Å². The minimum atomic E-state index is 0. The van der Waals surface area contributed by atoms with Crippen molar-refractivity contribution >= 4 is 29.9 Å². The molecule has 29 heavy (non-hydrogen) atoms. The Morgan fingerprint density at radius 3 is 2.52 bits per heavy atom. The van der Waals surface area contributed by atoms with Gasteiger partial charge in [0.15, 0.2) is 11.8 Å². The number of benzene rings is 1. The van der Waals surface area contributed by atoms with Crippen LogP contribution in [0.2, 0.25) is 0 Å². The van der Waals surface area contributed by atoms with Crippen LogP contribution in [0, 0.1) is 0 Å². The monoisotopic (exact) mass is 515 g/mol. The van der Waals surface area contributed by atoms with E-state index < -0.39 is 0 Å². The second kappa shape index (κ2) is 11.2. The highest BCUT2D eigenvalue weighted by Crippen LogP contribution is 2.25. The van der Waals surface area contributed by atoms with Gasteiger partial charge in [0.2, 0.25) is 0 Å². The average Bonchev–Trinajstić information content (AvgIpc) is 3.14. The predicted molar refractivity (Wildman–Crippen MR) is 123 cm³/mol. The molecule has 9 nitrogen and oxygen atoms in total. The number of halogens is 1. The van der Waals surface area contributed by atoms with Gasteiger partial charge in [0.25, 0.3) is 0 Å². The average molecular weight is 515 g/mol. The fourth-order valence-corrected chi connectivity index (χ4v) is 3.32. The van der Waals surface area contributed by atoms with E-state index >= 15 is 0 Å². The largest absolute Gasteiger partial charge is 0.497 e. The predicted octanol–water partition coefficient (Wildman–Crippen LogP) is 1.34. The van der Waals surface area contributed by atoms with E-state index in [-0.39, 0.29) is 24.0 Å². The molecule has 10 heteroatoms. The van der Waals surface area contributed by atoms with E-state index in [1.54, 1.807) is 20.5 Å². The highest BCUT2D eigenvalue weighted by atomic mass is 127. The van der Waals surface area contributed by atoms with Gasteiger partial charge in [-0.3, -0.25) is 9.89 Å². The number of hydrogen-bond donors (Lipinski definition) is 1. The van der Waals surface area contributed by atoms with E-state index in [9.17, 15) is 0 Å². The van der Waals surface area contributed by atoms with Crippen molar-refractivity contribution in [2.75, 3.05) is 47.4 Å². The Bertz CT molecular complexity index is 804. The molecule has 2 heterocycles. The molecule has 1 aliphatic heterocycles. The molecule has 1 N–H and O–H groups in total. The summed E-state index contributed by atoms with van der Waals surface area (Å²) in [6.45, 7) is 5.15. The van der Waals surface area contributed by atoms with E-state index in [1.807, 2.05) is 36.9 Å². The molecule has 1 fully saturated rings. The molecule has 1 aliphatic rings. The minimum Gasteiger partial charge on any atom is -0.497 e. The summed E-state index contributed by atoms with van der Waals surface area (Å²) in [4.78, 5) is 9.11. The normalized spacial score (nSPS) is 15.0. The topological polar surface area (TPSA) is 80.0 Å². The summed E-state index contributed by atoms with van der Waals surface area (Å²) in [7, 11) is 7.14. The summed E-state index contributed by atoms with van der Waals surface area (Å²) in [6.07, 6.45) is 1.70. The van der Waals surface area contributed by atoms with E-state index in [1.165, 1.54) is 0 Å². The summed E-state index contributed by atoms with van der Waals surface area (Å²) in [6, 6.07) is 5.93. The number of aromatic nitrogens is 3. The molecule has 1 aromatic heterocycles. The lowest BCUT2D eigenvalue weighted by Crippen LogP contribution is -2.52. The molecule has 0 spiro atoms. The first-order valence-corrected chi connectivity index (χ1v) is 9.36. The molecule has 160 valence electrons. The zero-order chi connectivity index (χ0) is 19.9. The Morgan fingerprint density at radius 1 is 1.17 bits per heavy atom. The molecule has 0 atom stereocenters. The van der Waals surface area contributed by atoms with E-state index in [0.717, 1.165) is 61.6 Å². The van der Waals surface area contributed by atoms with Gasteiger partial charge in [-0.2, -0.15) is 0 Å². The van der Waals surface area contributed by atoms with Crippen molar-refractivity contribution in [1.82, 2.24) is 29.9 Å². The lowest BCUT2D eigenvalue weighted by atomic mass is 10.1. The molecule has 1 aromatic carbocycles. The SMILES string of the molecule is CN=C(NCc1nncn1C)N1CCN(Cc2cc(OC)ccc2OC)CC1.I. The number of nitrogens with zero attached hydrogens (tertiary/aromatic N) is 6.